The molecule has 20 heavy (non-hydrogen) atoms. The highest BCUT2D eigenvalue weighted by Crippen LogP contribution is 2.32. The highest BCUT2D eigenvalue weighted by Gasteiger charge is 2.39. The molecule has 1 amide bonds. The van der Waals surface area contributed by atoms with Gasteiger partial charge < -0.3 is 9.64 Å². The molecule has 0 aliphatic heterocycles. The molecule has 1 aromatic rings. The molecule has 0 N–H and O–H groups in total. The Morgan fingerprint density at radius 1 is 1.35 bits per heavy atom. The van der Waals surface area contributed by atoms with E-state index < -0.39 is 5.60 Å². The molecule has 5 heteroatoms. The predicted molar refractivity (Wildman–Crippen MR) is 81.1 cm³/mol. The zero-order chi connectivity index (χ0) is 14.9. The van der Waals surface area contributed by atoms with Crippen molar-refractivity contribution in [2.24, 2.45) is 0 Å². The van der Waals surface area contributed by atoms with Gasteiger partial charge in [0.1, 0.15) is 5.60 Å². The second-order valence-electron chi connectivity index (χ2n) is 5.63. The van der Waals surface area contributed by atoms with Gasteiger partial charge in [-0.25, -0.2) is 0 Å². The van der Waals surface area contributed by atoms with Crippen molar-refractivity contribution in [3.05, 3.63) is 33.8 Å². The van der Waals surface area contributed by atoms with Crippen LogP contribution < -0.4 is 0 Å². The Labute approximate surface area is 129 Å². The van der Waals surface area contributed by atoms with Crippen molar-refractivity contribution in [2.75, 3.05) is 7.11 Å². The van der Waals surface area contributed by atoms with Crippen molar-refractivity contribution in [2.45, 2.75) is 44.9 Å². The number of ether oxygens (including phenoxy) is 1. The number of carbonyl (C=O) groups is 1. The Balaban J connectivity index is 2.17. The molecule has 3 nitrogen and oxygen atoms in total. The normalized spacial score (nSPS) is 15.2. The lowest BCUT2D eigenvalue weighted by atomic mass is 10.1. The van der Waals surface area contributed by atoms with Crippen LogP contribution in [0.1, 0.15) is 32.3 Å². The maximum absolute atomic E-state index is 12.6. The molecule has 0 heterocycles. The summed E-state index contributed by atoms with van der Waals surface area (Å²) in [5, 5.41) is 1.04. The summed E-state index contributed by atoms with van der Waals surface area (Å²) >= 11 is 11.9. The minimum Gasteiger partial charge on any atom is -0.369 e. The van der Waals surface area contributed by atoms with E-state index in [9.17, 15) is 4.79 Å². The van der Waals surface area contributed by atoms with Gasteiger partial charge in [-0.05, 0) is 44.4 Å². The SMILES string of the molecule is COC(C)(C)C(=O)N(Cc1ccc(Cl)c(Cl)c1)C1CC1. The number of halogens is 2. The largest absolute Gasteiger partial charge is 0.369 e. The summed E-state index contributed by atoms with van der Waals surface area (Å²) in [7, 11) is 1.56. The van der Waals surface area contributed by atoms with Crippen LogP contribution in [0.15, 0.2) is 18.2 Å². The first-order valence-electron chi connectivity index (χ1n) is 6.65. The van der Waals surface area contributed by atoms with Gasteiger partial charge in [-0.3, -0.25) is 4.79 Å². The van der Waals surface area contributed by atoms with Crippen molar-refractivity contribution in [3.63, 3.8) is 0 Å². The number of hydrogen-bond donors (Lipinski definition) is 0. The van der Waals surface area contributed by atoms with Crippen LogP contribution in [0.2, 0.25) is 10.0 Å². The molecular formula is C15H19Cl2NO2. The lowest BCUT2D eigenvalue weighted by molar-refractivity contribution is -0.152. The Hall–Kier alpha value is -0.770. The first-order valence-corrected chi connectivity index (χ1v) is 7.41. The van der Waals surface area contributed by atoms with Gasteiger partial charge >= 0.3 is 0 Å². The summed E-state index contributed by atoms with van der Waals surface area (Å²) in [5.74, 6) is 0.00794. The monoisotopic (exact) mass is 315 g/mol. The molecule has 0 aromatic heterocycles. The quantitative estimate of drug-likeness (QED) is 0.824. The molecule has 1 aliphatic rings. The van der Waals surface area contributed by atoms with E-state index in [1.807, 2.05) is 17.0 Å². The lowest BCUT2D eigenvalue weighted by Gasteiger charge is -2.31. The van der Waals surface area contributed by atoms with Crippen molar-refractivity contribution in [3.8, 4) is 0 Å². The summed E-state index contributed by atoms with van der Waals surface area (Å²) in [5.41, 5.74) is 0.172. The van der Waals surface area contributed by atoms with E-state index in [2.05, 4.69) is 0 Å². The molecular weight excluding hydrogens is 297 g/mol. The number of hydrogen-bond acceptors (Lipinski definition) is 2. The highest BCUT2D eigenvalue weighted by molar-refractivity contribution is 6.42. The Kier molecular flexibility index (Phi) is 4.62. The summed E-state index contributed by atoms with van der Waals surface area (Å²) in [6.45, 7) is 4.12. The van der Waals surface area contributed by atoms with E-state index in [4.69, 9.17) is 27.9 Å². The number of methoxy groups -OCH3 is 1. The summed E-state index contributed by atoms with van der Waals surface area (Å²) in [6, 6.07) is 5.78. The van der Waals surface area contributed by atoms with Gasteiger partial charge in [0, 0.05) is 19.7 Å². The fourth-order valence-corrected chi connectivity index (χ4v) is 2.34. The van der Waals surface area contributed by atoms with E-state index in [0.29, 0.717) is 22.6 Å². The van der Waals surface area contributed by atoms with Crippen LogP contribution >= 0.6 is 23.2 Å². The van der Waals surface area contributed by atoms with Crippen LogP contribution in [-0.2, 0) is 16.1 Å². The molecule has 1 saturated carbocycles. The van der Waals surface area contributed by atoms with Crippen molar-refractivity contribution < 1.29 is 9.53 Å². The van der Waals surface area contributed by atoms with Crippen LogP contribution in [-0.4, -0.2) is 29.6 Å². The zero-order valence-corrected chi connectivity index (χ0v) is 13.5. The topological polar surface area (TPSA) is 29.5 Å². The van der Waals surface area contributed by atoms with E-state index in [1.165, 1.54) is 0 Å². The summed E-state index contributed by atoms with van der Waals surface area (Å²) < 4.78 is 5.30. The van der Waals surface area contributed by atoms with Gasteiger partial charge in [0.05, 0.1) is 10.0 Å². The second kappa shape index (κ2) is 5.92. The van der Waals surface area contributed by atoms with Crippen LogP contribution in [0, 0.1) is 0 Å². The Morgan fingerprint density at radius 2 is 2.00 bits per heavy atom. The first kappa shape index (κ1) is 15.6. The van der Waals surface area contributed by atoms with Gasteiger partial charge in [-0.2, -0.15) is 0 Å². The molecule has 0 saturated heterocycles. The zero-order valence-electron chi connectivity index (χ0n) is 12.0. The van der Waals surface area contributed by atoms with Crippen molar-refractivity contribution in [1.82, 2.24) is 4.90 Å². The first-order chi connectivity index (χ1) is 9.35. The number of amides is 1. The molecule has 0 radical (unpaired) electrons. The number of rotatable bonds is 5. The lowest BCUT2D eigenvalue weighted by Crippen LogP contribution is -2.47. The van der Waals surface area contributed by atoms with Crippen LogP contribution in [0.5, 0.6) is 0 Å². The van der Waals surface area contributed by atoms with E-state index in [-0.39, 0.29) is 5.91 Å². The van der Waals surface area contributed by atoms with Crippen molar-refractivity contribution >= 4 is 29.1 Å². The molecule has 0 bridgehead atoms. The van der Waals surface area contributed by atoms with E-state index in [0.717, 1.165) is 18.4 Å². The predicted octanol–water partition coefficient (Wildman–Crippen LogP) is 3.91. The molecule has 0 unspecified atom stereocenters. The molecule has 2 rings (SSSR count). The van der Waals surface area contributed by atoms with Crippen molar-refractivity contribution in [1.29, 1.82) is 0 Å². The molecule has 110 valence electrons. The molecule has 0 atom stereocenters. The van der Waals surface area contributed by atoms with E-state index >= 15 is 0 Å². The molecule has 0 spiro atoms. The van der Waals surface area contributed by atoms with Gasteiger partial charge in [0.25, 0.3) is 5.91 Å². The van der Waals surface area contributed by atoms with Gasteiger partial charge in [-0.1, -0.05) is 29.3 Å². The second-order valence-corrected chi connectivity index (χ2v) is 6.44. The standard InChI is InChI=1S/C15H19Cl2NO2/c1-15(2,20-3)14(19)18(11-5-6-11)9-10-4-7-12(16)13(17)8-10/h4,7-8,11H,5-6,9H2,1-3H3. The molecule has 1 aromatic carbocycles. The van der Waals surface area contributed by atoms with Gasteiger partial charge in [-0.15, -0.1) is 0 Å². The third-order valence-electron chi connectivity index (χ3n) is 3.61. The van der Waals surface area contributed by atoms with Crippen LogP contribution in [0.25, 0.3) is 0 Å². The number of carbonyl (C=O) groups excluding carboxylic acids is 1. The third-order valence-corrected chi connectivity index (χ3v) is 4.35. The number of benzene rings is 1. The summed E-state index contributed by atoms with van der Waals surface area (Å²) in [6.07, 6.45) is 2.10. The van der Waals surface area contributed by atoms with Gasteiger partial charge in [0.2, 0.25) is 0 Å². The fourth-order valence-electron chi connectivity index (χ4n) is 2.02. The average molecular weight is 316 g/mol. The highest BCUT2D eigenvalue weighted by atomic mass is 35.5. The van der Waals surface area contributed by atoms with Crippen LogP contribution in [0.3, 0.4) is 0 Å². The minimum atomic E-state index is -0.807. The third kappa shape index (κ3) is 3.46. The maximum Gasteiger partial charge on any atom is 0.254 e. The molecule has 1 aliphatic carbocycles. The average Bonchev–Trinajstić information content (AvgIpc) is 3.23. The molecule has 1 fully saturated rings. The Bertz CT molecular complexity index is 513. The maximum atomic E-state index is 12.6. The fraction of sp³-hybridized carbons (Fsp3) is 0.533. The Morgan fingerprint density at radius 3 is 2.50 bits per heavy atom. The van der Waals surface area contributed by atoms with Gasteiger partial charge in [0.15, 0.2) is 0 Å². The summed E-state index contributed by atoms with van der Waals surface area (Å²) in [4.78, 5) is 14.5. The number of nitrogens with zero attached hydrogens (tertiary/aromatic N) is 1. The smallest absolute Gasteiger partial charge is 0.254 e. The minimum absolute atomic E-state index is 0.00794. The van der Waals surface area contributed by atoms with Crippen LogP contribution in [0.4, 0.5) is 0 Å². The van der Waals surface area contributed by atoms with E-state index in [1.54, 1.807) is 27.0 Å².